The topological polar surface area (TPSA) is 105 Å². The Kier molecular flexibility index (Phi) is 8.55. The number of ether oxygens (including phenoxy) is 3. The number of nitrogens with zero attached hydrogens (tertiary/aromatic N) is 4. The second-order valence-electron chi connectivity index (χ2n) is 9.22. The van der Waals surface area contributed by atoms with E-state index in [2.05, 4.69) is 25.9 Å². The standard InChI is InChI=1S/C27H28BrFN4O5/c1-15(2)17(4)38-27(35)37-14-36-24(34)9-8-22-26-31-13-16(3)33(26)23-12-19(28)20(29)11-18(23)25(32-22)21-7-5-6-10-30-21/h5-7,10-13,15,17,22H,8-9,14H2,1-4H3/t17?,22-/m0/s1. The van der Waals surface area contributed by atoms with Gasteiger partial charge < -0.3 is 14.2 Å². The van der Waals surface area contributed by atoms with Crippen LogP contribution in [-0.2, 0) is 19.0 Å². The first kappa shape index (κ1) is 27.4. The highest BCUT2D eigenvalue weighted by atomic mass is 79.9. The number of aromatic nitrogens is 3. The van der Waals surface area contributed by atoms with Crippen LogP contribution in [0.15, 0.2) is 52.2 Å². The third-order valence-electron chi connectivity index (χ3n) is 6.23. The van der Waals surface area contributed by atoms with E-state index in [4.69, 9.17) is 19.2 Å². The molecule has 2 atom stereocenters. The molecule has 0 spiro atoms. The summed E-state index contributed by atoms with van der Waals surface area (Å²) in [5.41, 5.74) is 3.13. The van der Waals surface area contributed by atoms with Crippen molar-refractivity contribution in [3.63, 3.8) is 0 Å². The fourth-order valence-electron chi connectivity index (χ4n) is 3.89. The molecule has 1 unspecified atom stereocenters. The number of pyridine rings is 1. The van der Waals surface area contributed by atoms with Gasteiger partial charge in [0.05, 0.1) is 21.6 Å². The molecule has 0 bridgehead atoms. The molecule has 11 heteroatoms. The van der Waals surface area contributed by atoms with E-state index in [1.165, 1.54) is 6.07 Å². The van der Waals surface area contributed by atoms with Gasteiger partial charge in [-0.05, 0) is 66.4 Å². The molecule has 1 aliphatic heterocycles. The molecule has 2 aromatic heterocycles. The van der Waals surface area contributed by atoms with Crippen LogP contribution >= 0.6 is 15.9 Å². The zero-order valence-corrected chi connectivity index (χ0v) is 23.1. The van der Waals surface area contributed by atoms with Crippen molar-refractivity contribution in [3.05, 3.63) is 75.8 Å². The van der Waals surface area contributed by atoms with Crippen molar-refractivity contribution < 1.29 is 28.2 Å². The summed E-state index contributed by atoms with van der Waals surface area (Å²) in [6.07, 6.45) is 2.34. The summed E-state index contributed by atoms with van der Waals surface area (Å²) < 4.78 is 31.9. The molecule has 3 aromatic rings. The van der Waals surface area contributed by atoms with Gasteiger partial charge in [-0.25, -0.2) is 14.2 Å². The quantitative estimate of drug-likeness (QED) is 0.241. The highest BCUT2D eigenvalue weighted by molar-refractivity contribution is 9.10. The fourth-order valence-corrected chi connectivity index (χ4v) is 4.22. The van der Waals surface area contributed by atoms with E-state index in [9.17, 15) is 14.0 Å². The summed E-state index contributed by atoms with van der Waals surface area (Å²) in [7, 11) is 0. The van der Waals surface area contributed by atoms with Crippen LogP contribution in [0.1, 0.15) is 62.4 Å². The van der Waals surface area contributed by atoms with Gasteiger partial charge in [0, 0.05) is 30.1 Å². The van der Waals surface area contributed by atoms with Gasteiger partial charge in [-0.2, -0.15) is 0 Å². The fraction of sp³-hybridized carbons (Fsp3) is 0.370. The van der Waals surface area contributed by atoms with Crippen LogP contribution in [-0.4, -0.2) is 45.3 Å². The number of hydrogen-bond donors (Lipinski definition) is 0. The maximum Gasteiger partial charge on any atom is 0.511 e. The maximum absolute atomic E-state index is 14.7. The molecule has 38 heavy (non-hydrogen) atoms. The first-order valence-corrected chi connectivity index (χ1v) is 13.0. The zero-order chi connectivity index (χ0) is 27.4. The minimum atomic E-state index is -0.902. The second-order valence-corrected chi connectivity index (χ2v) is 10.1. The number of hydrogen-bond acceptors (Lipinski definition) is 8. The lowest BCUT2D eigenvalue weighted by Gasteiger charge is -2.16. The number of halogens is 2. The first-order valence-electron chi connectivity index (χ1n) is 12.2. The van der Waals surface area contributed by atoms with Gasteiger partial charge in [0.2, 0.25) is 6.79 Å². The Balaban J connectivity index is 1.55. The molecule has 1 aliphatic rings. The molecule has 1 aromatic carbocycles. The SMILES string of the molecule is Cc1cnc2n1-c1cc(Br)c(F)cc1C(c1ccccn1)=N[C@H]2CCC(=O)OCOC(=O)OC(C)C(C)C. The predicted molar refractivity (Wildman–Crippen MR) is 141 cm³/mol. The molecule has 200 valence electrons. The van der Waals surface area contributed by atoms with Gasteiger partial charge in [0.15, 0.2) is 0 Å². The van der Waals surface area contributed by atoms with Crippen LogP contribution in [0.2, 0.25) is 0 Å². The van der Waals surface area contributed by atoms with Crippen LogP contribution in [0.3, 0.4) is 0 Å². The van der Waals surface area contributed by atoms with E-state index in [0.717, 1.165) is 5.69 Å². The Morgan fingerprint density at radius 2 is 1.95 bits per heavy atom. The Labute approximate surface area is 228 Å². The van der Waals surface area contributed by atoms with Gasteiger partial charge in [0.1, 0.15) is 23.8 Å². The van der Waals surface area contributed by atoms with Crippen molar-refractivity contribution >= 4 is 33.8 Å². The van der Waals surface area contributed by atoms with E-state index in [0.29, 0.717) is 33.0 Å². The number of benzene rings is 1. The Hall–Kier alpha value is -3.60. The summed E-state index contributed by atoms with van der Waals surface area (Å²) >= 11 is 3.29. The van der Waals surface area contributed by atoms with Crippen LogP contribution < -0.4 is 0 Å². The summed E-state index contributed by atoms with van der Waals surface area (Å²) in [5.74, 6) is -0.283. The van der Waals surface area contributed by atoms with Crippen molar-refractivity contribution in [1.29, 1.82) is 0 Å². The molecule has 3 heterocycles. The van der Waals surface area contributed by atoms with Gasteiger partial charge >= 0.3 is 12.1 Å². The summed E-state index contributed by atoms with van der Waals surface area (Å²) in [6.45, 7) is 6.91. The Morgan fingerprint density at radius 1 is 1.16 bits per heavy atom. The van der Waals surface area contributed by atoms with Crippen molar-refractivity contribution in [2.24, 2.45) is 10.9 Å². The Morgan fingerprint density at radius 3 is 2.66 bits per heavy atom. The lowest BCUT2D eigenvalue weighted by molar-refractivity contribution is -0.154. The molecule has 0 N–H and O–H groups in total. The molecular formula is C27H28BrFN4O5. The first-order chi connectivity index (χ1) is 18.2. The average molecular weight is 587 g/mol. The highest BCUT2D eigenvalue weighted by Crippen LogP contribution is 2.35. The van der Waals surface area contributed by atoms with Crippen molar-refractivity contribution in [1.82, 2.24) is 14.5 Å². The van der Waals surface area contributed by atoms with Crippen molar-refractivity contribution in [2.45, 2.75) is 52.7 Å². The summed E-state index contributed by atoms with van der Waals surface area (Å²) in [4.78, 5) is 38.1. The van der Waals surface area contributed by atoms with Crippen LogP contribution in [0.4, 0.5) is 9.18 Å². The molecule has 9 nitrogen and oxygen atoms in total. The van der Waals surface area contributed by atoms with Gasteiger partial charge in [0.25, 0.3) is 0 Å². The van der Waals surface area contributed by atoms with Crippen molar-refractivity contribution in [3.8, 4) is 5.69 Å². The molecule has 4 rings (SSSR count). The minimum Gasteiger partial charge on any atom is -0.431 e. The highest BCUT2D eigenvalue weighted by Gasteiger charge is 2.29. The molecule has 0 amide bonds. The molecule has 0 saturated heterocycles. The number of aryl methyl sites for hydroxylation is 1. The van der Waals surface area contributed by atoms with Gasteiger partial charge in [-0.1, -0.05) is 19.9 Å². The van der Waals surface area contributed by atoms with Gasteiger partial charge in [-0.15, -0.1) is 0 Å². The number of carbonyl (C=O) groups excluding carboxylic acids is 2. The third-order valence-corrected chi connectivity index (χ3v) is 6.84. The normalized spacial score (nSPS) is 15.1. The van der Waals surface area contributed by atoms with E-state index in [1.807, 2.05) is 31.4 Å². The van der Waals surface area contributed by atoms with Crippen molar-refractivity contribution in [2.75, 3.05) is 6.79 Å². The largest absolute Gasteiger partial charge is 0.511 e. The van der Waals surface area contributed by atoms with Gasteiger partial charge in [-0.3, -0.25) is 19.3 Å². The van der Waals surface area contributed by atoms with Crippen LogP contribution in [0.5, 0.6) is 0 Å². The van der Waals surface area contributed by atoms with E-state index < -0.39 is 30.8 Å². The molecule has 0 aliphatic carbocycles. The number of fused-ring (bicyclic) bond motifs is 3. The minimum absolute atomic E-state index is 0.0230. The number of carbonyl (C=O) groups is 2. The monoisotopic (exact) mass is 586 g/mol. The lowest BCUT2D eigenvalue weighted by atomic mass is 10.0. The van der Waals surface area contributed by atoms with Crippen LogP contribution in [0.25, 0.3) is 5.69 Å². The number of esters is 1. The lowest BCUT2D eigenvalue weighted by Crippen LogP contribution is -2.22. The molecule has 0 saturated carbocycles. The summed E-state index contributed by atoms with van der Waals surface area (Å²) in [6, 6.07) is 7.96. The number of aliphatic imine (C=N–C) groups is 1. The number of imidazole rings is 1. The third kappa shape index (κ3) is 6.09. The molecule has 0 radical (unpaired) electrons. The Bertz CT molecular complexity index is 1360. The maximum atomic E-state index is 14.7. The summed E-state index contributed by atoms with van der Waals surface area (Å²) in [5, 5.41) is 0. The smallest absolute Gasteiger partial charge is 0.431 e. The van der Waals surface area contributed by atoms with Crippen LogP contribution in [0, 0.1) is 18.7 Å². The number of rotatable bonds is 8. The van der Waals surface area contributed by atoms with E-state index in [-0.39, 0.29) is 24.9 Å². The molecular weight excluding hydrogens is 559 g/mol. The average Bonchev–Trinajstić information content (AvgIpc) is 3.21. The zero-order valence-electron chi connectivity index (χ0n) is 21.5. The molecule has 0 fully saturated rings. The van der Waals surface area contributed by atoms with E-state index in [1.54, 1.807) is 37.5 Å². The second kappa shape index (κ2) is 11.8. The predicted octanol–water partition coefficient (Wildman–Crippen LogP) is 5.85. The van der Waals surface area contributed by atoms with E-state index >= 15 is 0 Å².